The minimum atomic E-state index is -1.10. The predicted molar refractivity (Wildman–Crippen MR) is 151 cm³/mol. The van der Waals surface area contributed by atoms with Crippen LogP contribution in [0.2, 0.25) is 0 Å². The number of benzene rings is 4. The van der Waals surface area contributed by atoms with E-state index in [1.54, 1.807) is 38.5 Å². The number of carbonyl (C=O) groups is 1. The predicted octanol–water partition coefficient (Wildman–Crippen LogP) is 6.44. The topological polar surface area (TPSA) is 107 Å². The number of nitrogens with zero attached hydrogens (tertiary/aromatic N) is 2. The van der Waals surface area contributed by atoms with Crippen LogP contribution in [0.15, 0.2) is 95.0 Å². The number of rotatable bonds is 10. The number of aliphatic carboxylic acids is 1. The number of methoxy groups -OCH3 is 2. The maximum atomic E-state index is 12.3. The summed E-state index contributed by atoms with van der Waals surface area (Å²) >= 11 is 0.949. The monoisotopic (exact) mass is 539 g/mol. The highest BCUT2D eigenvalue weighted by molar-refractivity contribution is 8.04. The Morgan fingerprint density at radius 3 is 2.38 bits per heavy atom. The number of carboxylic acids is 1. The average molecular weight is 540 g/mol. The number of fused-ring (bicyclic) bond motifs is 1. The minimum Gasteiger partial charge on any atom is -0.497 e. The van der Waals surface area contributed by atoms with Gasteiger partial charge in [-0.15, -0.1) is 5.10 Å². The first-order valence-corrected chi connectivity index (χ1v) is 12.8. The van der Waals surface area contributed by atoms with Crippen molar-refractivity contribution in [1.82, 2.24) is 15.2 Å². The summed E-state index contributed by atoms with van der Waals surface area (Å²) < 4.78 is 16.8. The van der Waals surface area contributed by atoms with E-state index >= 15 is 0 Å². The summed E-state index contributed by atoms with van der Waals surface area (Å²) in [7, 11) is 3.13. The quantitative estimate of drug-likeness (QED) is 0.154. The normalized spacial score (nSPS) is 11.4. The fourth-order valence-electron chi connectivity index (χ4n) is 4.02. The Hall–Kier alpha value is -4.76. The molecule has 0 atom stereocenters. The zero-order valence-corrected chi connectivity index (χ0v) is 22.1. The molecule has 0 aliphatic rings. The van der Waals surface area contributed by atoms with Crippen molar-refractivity contribution in [2.24, 2.45) is 0 Å². The number of aromatic amines is 1. The number of ether oxygens (including phenoxy) is 3. The lowest BCUT2D eigenvalue weighted by molar-refractivity contribution is -0.131. The van der Waals surface area contributed by atoms with Crippen molar-refractivity contribution in [3.8, 4) is 28.6 Å². The molecule has 1 heterocycles. The van der Waals surface area contributed by atoms with Crippen LogP contribution in [0.25, 0.3) is 28.2 Å². The molecular formula is C30H25N3O5S. The third kappa shape index (κ3) is 6.05. The Kier molecular flexibility index (Phi) is 7.79. The molecule has 5 aromatic rings. The van der Waals surface area contributed by atoms with Crippen LogP contribution in [0.4, 0.5) is 0 Å². The Morgan fingerprint density at radius 2 is 1.67 bits per heavy atom. The van der Waals surface area contributed by atoms with E-state index in [0.29, 0.717) is 40.8 Å². The molecule has 8 nitrogen and oxygen atoms in total. The van der Waals surface area contributed by atoms with Gasteiger partial charge in [-0.25, -0.2) is 9.78 Å². The van der Waals surface area contributed by atoms with Crippen LogP contribution < -0.4 is 14.2 Å². The van der Waals surface area contributed by atoms with Gasteiger partial charge in [0, 0.05) is 17.2 Å². The molecule has 1 aromatic heterocycles. The molecule has 0 radical (unpaired) electrons. The molecule has 0 saturated heterocycles. The van der Waals surface area contributed by atoms with Crippen LogP contribution in [0.3, 0.4) is 0 Å². The Bertz CT molecular complexity index is 1630. The number of nitrogens with one attached hydrogen (secondary N) is 1. The molecule has 196 valence electrons. The summed E-state index contributed by atoms with van der Waals surface area (Å²) in [6, 6.07) is 26.7. The van der Waals surface area contributed by atoms with Crippen LogP contribution in [0, 0.1) is 0 Å². The first-order chi connectivity index (χ1) is 19.0. The van der Waals surface area contributed by atoms with Crippen molar-refractivity contribution in [3.05, 3.63) is 101 Å². The molecule has 9 heteroatoms. The molecule has 0 saturated carbocycles. The molecule has 4 aromatic carbocycles. The van der Waals surface area contributed by atoms with Crippen LogP contribution in [-0.2, 0) is 11.4 Å². The fraction of sp³-hybridized carbons (Fsp3) is 0.100. The third-order valence-electron chi connectivity index (χ3n) is 5.95. The summed E-state index contributed by atoms with van der Waals surface area (Å²) in [5, 5.41) is 19.3. The van der Waals surface area contributed by atoms with E-state index in [2.05, 4.69) is 15.2 Å². The Labute approximate surface area is 229 Å². The van der Waals surface area contributed by atoms with Gasteiger partial charge >= 0.3 is 5.97 Å². The number of H-pyrrole nitrogens is 1. The maximum absolute atomic E-state index is 12.3. The lowest BCUT2D eigenvalue weighted by Gasteiger charge is -2.13. The van der Waals surface area contributed by atoms with Gasteiger partial charge in [0.25, 0.3) is 0 Å². The lowest BCUT2D eigenvalue weighted by atomic mass is 10.0. The van der Waals surface area contributed by atoms with Crippen LogP contribution in [0.5, 0.6) is 17.2 Å². The summed E-state index contributed by atoms with van der Waals surface area (Å²) in [6.07, 6.45) is 1.61. The van der Waals surface area contributed by atoms with E-state index in [1.165, 1.54) is 0 Å². The SMILES string of the molecule is COc1cc(OC)cc(-c2nc(S/C(=C\c3c(OCc4ccccc4)ccc4ccccc34)C(=O)O)n[nH]2)c1. The molecule has 39 heavy (non-hydrogen) atoms. The van der Waals surface area contributed by atoms with Gasteiger partial charge in [0.15, 0.2) is 5.82 Å². The summed E-state index contributed by atoms with van der Waals surface area (Å²) in [5.41, 5.74) is 2.37. The highest BCUT2D eigenvalue weighted by atomic mass is 32.2. The first-order valence-electron chi connectivity index (χ1n) is 12.0. The van der Waals surface area contributed by atoms with Gasteiger partial charge in [-0.2, -0.15) is 0 Å². The molecule has 0 unspecified atom stereocenters. The van der Waals surface area contributed by atoms with E-state index in [0.717, 1.165) is 28.1 Å². The van der Waals surface area contributed by atoms with Crippen LogP contribution in [-0.4, -0.2) is 40.5 Å². The summed E-state index contributed by atoms with van der Waals surface area (Å²) in [5.74, 6) is 1.13. The van der Waals surface area contributed by atoms with E-state index in [4.69, 9.17) is 14.2 Å². The molecule has 0 fully saturated rings. The lowest BCUT2D eigenvalue weighted by Crippen LogP contribution is -2.00. The van der Waals surface area contributed by atoms with Crippen molar-refractivity contribution in [1.29, 1.82) is 0 Å². The van der Waals surface area contributed by atoms with Gasteiger partial charge < -0.3 is 19.3 Å². The number of aromatic nitrogens is 3. The number of hydrogen-bond donors (Lipinski definition) is 2. The van der Waals surface area contributed by atoms with Crippen LogP contribution in [0.1, 0.15) is 11.1 Å². The highest BCUT2D eigenvalue weighted by Crippen LogP contribution is 2.35. The molecule has 0 aliphatic heterocycles. The van der Waals surface area contributed by atoms with E-state index in [9.17, 15) is 9.90 Å². The number of thioether (sulfide) groups is 1. The molecule has 0 bridgehead atoms. The third-order valence-corrected chi connectivity index (χ3v) is 6.82. The highest BCUT2D eigenvalue weighted by Gasteiger charge is 2.18. The van der Waals surface area contributed by atoms with Crippen molar-refractivity contribution in [2.75, 3.05) is 14.2 Å². The molecule has 2 N–H and O–H groups in total. The van der Waals surface area contributed by atoms with E-state index < -0.39 is 5.97 Å². The van der Waals surface area contributed by atoms with E-state index in [-0.39, 0.29) is 10.1 Å². The molecule has 0 aliphatic carbocycles. The maximum Gasteiger partial charge on any atom is 0.342 e. The standard InChI is InChI=1S/C30H25N3O5S/c1-36-22-14-21(15-23(16-22)37-2)28-31-30(33-32-28)39-27(29(34)35)17-25-24-11-7-6-10-20(24)12-13-26(25)38-18-19-8-4-3-5-9-19/h3-17H,18H2,1-2H3,(H,34,35)(H,31,32,33)/b27-17-. The second-order valence-electron chi connectivity index (χ2n) is 8.46. The largest absolute Gasteiger partial charge is 0.497 e. The summed E-state index contributed by atoms with van der Waals surface area (Å²) in [4.78, 5) is 16.9. The average Bonchev–Trinajstić information content (AvgIpc) is 3.45. The van der Waals surface area contributed by atoms with Gasteiger partial charge in [-0.05, 0) is 52.4 Å². The van der Waals surface area contributed by atoms with Gasteiger partial charge in [0.1, 0.15) is 28.8 Å². The van der Waals surface area contributed by atoms with Gasteiger partial charge in [-0.1, -0.05) is 60.7 Å². The van der Waals surface area contributed by atoms with Gasteiger partial charge in [-0.3, -0.25) is 5.10 Å². The van der Waals surface area contributed by atoms with Gasteiger partial charge in [0.05, 0.1) is 14.2 Å². The van der Waals surface area contributed by atoms with Crippen molar-refractivity contribution >= 4 is 34.6 Å². The van der Waals surface area contributed by atoms with Crippen molar-refractivity contribution in [3.63, 3.8) is 0 Å². The smallest absolute Gasteiger partial charge is 0.342 e. The zero-order valence-electron chi connectivity index (χ0n) is 21.3. The van der Waals surface area contributed by atoms with Crippen molar-refractivity contribution in [2.45, 2.75) is 11.8 Å². The number of carboxylic acid groups (broad SMARTS) is 1. The van der Waals surface area contributed by atoms with Gasteiger partial charge in [0.2, 0.25) is 5.16 Å². The summed E-state index contributed by atoms with van der Waals surface area (Å²) in [6.45, 7) is 0.351. The molecule has 5 rings (SSSR count). The molecule has 0 spiro atoms. The fourth-order valence-corrected chi connectivity index (χ4v) is 4.70. The second-order valence-corrected chi connectivity index (χ2v) is 9.47. The Morgan fingerprint density at radius 1 is 0.949 bits per heavy atom. The van der Waals surface area contributed by atoms with Crippen LogP contribution >= 0.6 is 11.8 Å². The second kappa shape index (κ2) is 11.7. The Balaban J connectivity index is 1.49. The molecular weight excluding hydrogens is 514 g/mol. The van der Waals surface area contributed by atoms with E-state index in [1.807, 2.05) is 66.7 Å². The van der Waals surface area contributed by atoms with Crippen molar-refractivity contribution < 1.29 is 24.1 Å². The molecule has 0 amide bonds. The first kappa shape index (κ1) is 25.9. The number of hydrogen-bond acceptors (Lipinski definition) is 7. The minimum absolute atomic E-state index is 0.0460. The zero-order chi connectivity index (χ0) is 27.2.